The molecule has 2 aliphatic carbocycles. The normalized spacial score (nSPS) is 18.1. The average Bonchev–Trinajstić information content (AvgIpc) is 2.80. The summed E-state index contributed by atoms with van der Waals surface area (Å²) in [6.45, 7) is 13.3. The number of esters is 1. The molecule has 2 unspecified atom stereocenters. The Morgan fingerprint density at radius 1 is 0.971 bits per heavy atom. The standard InChI is InChI=1S/C10H17NO2.C10H16O2.C3H8O.C3H7.ClH.Mg/c1-8-4-6-9(7-5-8)10(12)11(2)13-3;1-3-12-10(11)9-6-4-8(2)5-7-9;1-3-4-2;1-3-2;;/h4,9H,5-7H2,1-3H3;4,9H,3,5-7H2,1-2H3;3H2,1-2H3;3H,1-2H3;1H;/q;;;-1;;+2/p-1. The van der Waals surface area contributed by atoms with Crippen molar-refractivity contribution in [2.45, 2.75) is 80.1 Å². The van der Waals surface area contributed by atoms with Crippen LogP contribution in [0.4, 0.5) is 0 Å². The van der Waals surface area contributed by atoms with Crippen molar-refractivity contribution < 1.29 is 36.3 Å². The van der Waals surface area contributed by atoms with Gasteiger partial charge in [0.25, 0.3) is 0 Å². The molecule has 2 rings (SSSR count). The number of hydrogen-bond acceptors (Lipinski definition) is 5. The number of allylic oxidation sites excluding steroid dienone is 4. The van der Waals surface area contributed by atoms with Crippen LogP contribution in [0.3, 0.4) is 0 Å². The van der Waals surface area contributed by atoms with Crippen LogP contribution in [0.2, 0.25) is 0 Å². The van der Waals surface area contributed by atoms with Gasteiger partial charge in [-0.1, -0.05) is 23.3 Å². The van der Waals surface area contributed by atoms with Crippen LogP contribution in [0.25, 0.3) is 0 Å². The fourth-order valence-electron chi connectivity index (χ4n) is 2.98. The Kier molecular flexibility index (Phi) is 32.2. The Bertz CT molecular complexity index is 567. The minimum absolute atomic E-state index is 0. The van der Waals surface area contributed by atoms with E-state index in [0.29, 0.717) is 6.61 Å². The molecule has 0 aromatic carbocycles. The molecule has 2 atom stereocenters. The Hall–Kier alpha value is -0.604. The zero-order valence-electron chi connectivity index (χ0n) is 23.1. The number of carbonyl (C=O) groups is 2. The summed E-state index contributed by atoms with van der Waals surface area (Å²) >= 11 is 0. The molecule has 8 heteroatoms. The first-order chi connectivity index (χ1) is 15.2. The van der Waals surface area contributed by atoms with E-state index >= 15 is 0 Å². The molecule has 0 N–H and O–H groups in total. The van der Waals surface area contributed by atoms with E-state index in [-0.39, 0.29) is 59.2 Å². The van der Waals surface area contributed by atoms with Gasteiger partial charge < -0.3 is 28.3 Å². The molecule has 196 valence electrons. The molecule has 0 heterocycles. The minimum atomic E-state index is -0.0266. The number of rotatable bonds is 5. The van der Waals surface area contributed by atoms with Crippen molar-refractivity contribution in [1.82, 2.24) is 5.06 Å². The molecule has 2 aliphatic rings. The van der Waals surface area contributed by atoms with Crippen LogP contribution in [0.5, 0.6) is 0 Å². The van der Waals surface area contributed by atoms with Gasteiger partial charge in [-0.05, 0) is 66.2 Å². The second kappa shape index (κ2) is 27.0. The van der Waals surface area contributed by atoms with E-state index < -0.39 is 0 Å². The molecule has 0 aromatic heterocycles. The molecule has 0 fully saturated rings. The Labute approximate surface area is 231 Å². The van der Waals surface area contributed by atoms with Crippen molar-refractivity contribution in [2.75, 3.05) is 34.5 Å². The summed E-state index contributed by atoms with van der Waals surface area (Å²) in [6.07, 6.45) is 12.0. The number of carbonyl (C=O) groups excluding carboxylic acids is 2. The van der Waals surface area contributed by atoms with Crippen molar-refractivity contribution in [3.05, 3.63) is 29.7 Å². The van der Waals surface area contributed by atoms with Crippen LogP contribution in [0.1, 0.15) is 80.1 Å². The van der Waals surface area contributed by atoms with Gasteiger partial charge in [0.2, 0.25) is 5.91 Å². The van der Waals surface area contributed by atoms with Gasteiger partial charge in [0.05, 0.1) is 19.6 Å². The Balaban J connectivity index is -0.000000199. The SMILES string of the molecule is CCOC.CCOC(=O)C1CC=C(C)CC1.CON(C)C(=O)C1CC=C(C)CC1.C[CH-]C.[Cl-].[Mg+2]. The third-order valence-corrected chi connectivity index (χ3v) is 5.12. The second-order valence-electron chi connectivity index (χ2n) is 7.97. The quantitative estimate of drug-likeness (QED) is 0.186. The molecule has 0 bridgehead atoms. The van der Waals surface area contributed by atoms with E-state index in [1.165, 1.54) is 23.3 Å². The number of nitrogens with zero attached hydrogens (tertiary/aromatic N) is 1. The van der Waals surface area contributed by atoms with E-state index in [1.54, 1.807) is 14.2 Å². The fraction of sp³-hybridized carbons (Fsp3) is 0.731. The van der Waals surface area contributed by atoms with Crippen molar-refractivity contribution in [2.24, 2.45) is 11.8 Å². The average molecular weight is 514 g/mol. The van der Waals surface area contributed by atoms with Crippen LogP contribution in [0, 0.1) is 18.3 Å². The van der Waals surface area contributed by atoms with Crippen LogP contribution in [0.15, 0.2) is 23.3 Å². The molecule has 1 amide bonds. The molecule has 0 aliphatic heterocycles. The summed E-state index contributed by atoms with van der Waals surface area (Å²) in [6, 6.07) is 0. The predicted octanol–water partition coefficient (Wildman–Crippen LogP) is 2.55. The van der Waals surface area contributed by atoms with E-state index in [2.05, 4.69) is 30.7 Å². The molecule has 0 saturated heterocycles. The van der Waals surface area contributed by atoms with Crippen molar-refractivity contribution in [3.8, 4) is 0 Å². The smallest absolute Gasteiger partial charge is 1.00 e. The predicted molar refractivity (Wildman–Crippen MR) is 138 cm³/mol. The van der Waals surface area contributed by atoms with Crippen LogP contribution in [-0.2, 0) is 23.9 Å². The molecule has 0 saturated carbocycles. The fourth-order valence-corrected chi connectivity index (χ4v) is 2.98. The maximum atomic E-state index is 11.6. The van der Waals surface area contributed by atoms with Crippen LogP contribution < -0.4 is 12.4 Å². The number of ether oxygens (including phenoxy) is 2. The molecule has 6 nitrogen and oxygen atoms in total. The van der Waals surface area contributed by atoms with Gasteiger partial charge in [-0.15, -0.1) is 0 Å². The molecule has 34 heavy (non-hydrogen) atoms. The van der Waals surface area contributed by atoms with Crippen molar-refractivity contribution >= 4 is 34.9 Å². The maximum absolute atomic E-state index is 11.6. The monoisotopic (exact) mass is 513 g/mol. The minimum Gasteiger partial charge on any atom is -1.00 e. The maximum Gasteiger partial charge on any atom is 2.00 e. The van der Waals surface area contributed by atoms with E-state index in [9.17, 15) is 9.59 Å². The number of halogens is 1. The number of methoxy groups -OCH3 is 1. The molecule has 0 aromatic rings. The van der Waals surface area contributed by atoms with Crippen molar-refractivity contribution in [1.29, 1.82) is 0 Å². The topological polar surface area (TPSA) is 65.1 Å². The van der Waals surface area contributed by atoms with E-state index in [0.717, 1.165) is 45.1 Å². The van der Waals surface area contributed by atoms with Gasteiger partial charge in [0.15, 0.2) is 0 Å². The third kappa shape index (κ3) is 20.7. The number of hydrogen-bond donors (Lipinski definition) is 0. The number of hydroxylamine groups is 2. The first kappa shape index (κ1) is 40.6. The first-order valence-electron chi connectivity index (χ1n) is 11.7. The summed E-state index contributed by atoms with van der Waals surface area (Å²) in [5.41, 5.74) is 2.79. The summed E-state index contributed by atoms with van der Waals surface area (Å²) in [5.74, 6) is 0.301. The van der Waals surface area contributed by atoms with Crippen LogP contribution >= 0.6 is 0 Å². The molecule has 0 spiro atoms. The third-order valence-electron chi connectivity index (χ3n) is 5.12. The zero-order chi connectivity index (χ0) is 24.9. The molecular weight excluding hydrogens is 466 g/mol. The largest absolute Gasteiger partial charge is 2.00 e. The van der Waals surface area contributed by atoms with Gasteiger partial charge in [-0.3, -0.25) is 14.4 Å². The Morgan fingerprint density at radius 3 is 1.68 bits per heavy atom. The summed E-state index contributed by atoms with van der Waals surface area (Å²) in [4.78, 5) is 27.7. The second-order valence-corrected chi connectivity index (χ2v) is 7.97. The Morgan fingerprint density at radius 2 is 1.38 bits per heavy atom. The van der Waals surface area contributed by atoms with Crippen molar-refractivity contribution in [3.63, 3.8) is 0 Å². The molecule has 0 radical (unpaired) electrons. The van der Waals surface area contributed by atoms with Gasteiger partial charge in [-0.2, -0.15) is 13.8 Å². The summed E-state index contributed by atoms with van der Waals surface area (Å²) in [5, 5.41) is 1.32. The molecular formula is C26H48ClMgNO5. The van der Waals surface area contributed by atoms with E-state index in [1.807, 2.05) is 34.1 Å². The number of amides is 1. The zero-order valence-corrected chi connectivity index (χ0v) is 25.3. The van der Waals surface area contributed by atoms with Gasteiger partial charge >= 0.3 is 29.0 Å². The van der Waals surface area contributed by atoms with Gasteiger partial charge in [0.1, 0.15) is 0 Å². The van der Waals surface area contributed by atoms with E-state index in [4.69, 9.17) is 9.57 Å². The van der Waals surface area contributed by atoms with Crippen LogP contribution in [-0.4, -0.2) is 74.5 Å². The summed E-state index contributed by atoms with van der Waals surface area (Å²) < 4.78 is 9.49. The van der Waals surface area contributed by atoms with Gasteiger partial charge in [-0.25, -0.2) is 5.06 Å². The first-order valence-corrected chi connectivity index (χ1v) is 11.7. The summed E-state index contributed by atoms with van der Waals surface area (Å²) in [7, 11) is 4.86. The van der Waals surface area contributed by atoms with Gasteiger partial charge in [0, 0.05) is 26.7 Å².